The zero-order valence-electron chi connectivity index (χ0n) is 10.8. The van der Waals surface area contributed by atoms with Gasteiger partial charge in [0.2, 0.25) is 0 Å². The number of nitrogens with two attached hydrogens (primary N) is 1. The Morgan fingerprint density at radius 1 is 1.35 bits per heavy atom. The van der Waals surface area contributed by atoms with Crippen LogP contribution in [0, 0.1) is 0 Å². The van der Waals surface area contributed by atoms with E-state index in [0.29, 0.717) is 12.4 Å². The largest absolute Gasteiger partial charge is 0.486 e. The van der Waals surface area contributed by atoms with Crippen molar-refractivity contribution in [2.24, 2.45) is 0 Å². The lowest BCUT2D eigenvalue weighted by molar-refractivity contribution is 0.142. The molecule has 0 radical (unpaired) electrons. The number of hydrogen-bond donors (Lipinski definition) is 1. The van der Waals surface area contributed by atoms with Crippen LogP contribution >= 0.6 is 0 Å². The second-order valence-corrected chi connectivity index (χ2v) is 4.87. The van der Waals surface area contributed by atoms with Crippen molar-refractivity contribution in [3.8, 4) is 5.75 Å². The van der Waals surface area contributed by atoms with Crippen molar-refractivity contribution in [2.45, 2.75) is 12.5 Å². The minimum atomic E-state index is 0.0853. The number of fused-ring (bicyclic) bond motifs is 3. The van der Waals surface area contributed by atoms with Crippen LogP contribution in [-0.2, 0) is 4.74 Å². The van der Waals surface area contributed by atoms with Crippen molar-refractivity contribution in [2.75, 3.05) is 18.9 Å². The van der Waals surface area contributed by atoms with E-state index < -0.39 is 0 Å². The fourth-order valence-corrected chi connectivity index (χ4v) is 2.55. The van der Waals surface area contributed by atoms with Crippen LogP contribution in [0.25, 0.3) is 16.6 Å². The molecule has 1 aromatic carbocycles. The average Bonchev–Trinajstić information content (AvgIpc) is 3.11. The molecule has 1 saturated heterocycles. The lowest BCUT2D eigenvalue weighted by Crippen LogP contribution is -2.16. The van der Waals surface area contributed by atoms with E-state index in [2.05, 4.69) is 9.97 Å². The molecule has 6 nitrogen and oxygen atoms in total. The molecule has 0 bridgehead atoms. The van der Waals surface area contributed by atoms with Gasteiger partial charge in [-0.1, -0.05) is 6.07 Å². The lowest BCUT2D eigenvalue weighted by Gasteiger charge is -2.14. The summed E-state index contributed by atoms with van der Waals surface area (Å²) in [5, 5.41) is 0. The highest BCUT2D eigenvalue weighted by Gasteiger charge is 2.19. The molecular weight excluding hydrogens is 256 g/mol. The van der Waals surface area contributed by atoms with Gasteiger partial charge in [0.25, 0.3) is 0 Å². The molecule has 20 heavy (non-hydrogen) atoms. The molecule has 0 spiro atoms. The van der Waals surface area contributed by atoms with Crippen LogP contribution in [0.2, 0.25) is 0 Å². The van der Waals surface area contributed by atoms with Crippen LogP contribution in [0.1, 0.15) is 6.42 Å². The summed E-state index contributed by atoms with van der Waals surface area (Å²) < 4.78 is 13.3. The monoisotopic (exact) mass is 270 g/mol. The van der Waals surface area contributed by atoms with Gasteiger partial charge in [-0.05, 0) is 12.1 Å². The number of hydrogen-bond acceptors (Lipinski definition) is 5. The van der Waals surface area contributed by atoms with Gasteiger partial charge in [0.1, 0.15) is 28.7 Å². The average molecular weight is 270 g/mol. The summed E-state index contributed by atoms with van der Waals surface area (Å²) in [5.74, 6) is 1.19. The maximum atomic E-state index is 5.99. The molecule has 1 aliphatic rings. The van der Waals surface area contributed by atoms with Crippen molar-refractivity contribution in [3.05, 3.63) is 30.7 Å². The molecule has 1 aliphatic heterocycles. The highest BCUT2D eigenvalue weighted by molar-refractivity contribution is 5.87. The summed E-state index contributed by atoms with van der Waals surface area (Å²) in [6.45, 7) is 1.37. The van der Waals surface area contributed by atoms with Crippen molar-refractivity contribution in [1.82, 2.24) is 14.4 Å². The fraction of sp³-hybridized carbons (Fsp3) is 0.286. The molecule has 3 aromatic rings. The number of imidazole rings is 1. The first-order chi connectivity index (χ1) is 9.83. The van der Waals surface area contributed by atoms with Crippen molar-refractivity contribution in [1.29, 1.82) is 0 Å². The number of aromatic nitrogens is 3. The molecule has 2 N–H and O–H groups in total. The predicted molar refractivity (Wildman–Crippen MR) is 74.8 cm³/mol. The van der Waals surface area contributed by atoms with E-state index >= 15 is 0 Å². The van der Waals surface area contributed by atoms with Gasteiger partial charge in [0.15, 0.2) is 0 Å². The van der Waals surface area contributed by atoms with E-state index in [0.717, 1.165) is 35.3 Å². The minimum Gasteiger partial charge on any atom is -0.486 e. The topological polar surface area (TPSA) is 74.7 Å². The number of para-hydroxylation sites is 1. The first-order valence-electron chi connectivity index (χ1n) is 6.57. The van der Waals surface area contributed by atoms with E-state index in [1.54, 1.807) is 12.5 Å². The van der Waals surface area contributed by atoms with E-state index in [4.69, 9.17) is 15.2 Å². The highest BCUT2D eigenvalue weighted by atomic mass is 16.5. The van der Waals surface area contributed by atoms with Gasteiger partial charge in [-0.3, -0.25) is 4.40 Å². The van der Waals surface area contributed by atoms with Gasteiger partial charge in [0.05, 0.1) is 31.3 Å². The Balaban J connectivity index is 1.90. The molecule has 4 rings (SSSR count). The second-order valence-electron chi connectivity index (χ2n) is 4.87. The molecule has 1 atom stereocenters. The summed E-state index contributed by atoms with van der Waals surface area (Å²) in [7, 11) is 0. The Labute approximate surface area is 115 Å². The second kappa shape index (κ2) is 4.35. The summed E-state index contributed by atoms with van der Waals surface area (Å²) in [4.78, 5) is 8.60. The van der Waals surface area contributed by atoms with Gasteiger partial charge in [-0.15, -0.1) is 0 Å². The number of nitrogen functional groups attached to an aromatic ring is 1. The van der Waals surface area contributed by atoms with E-state index in [-0.39, 0.29) is 6.10 Å². The number of nitrogens with zero attached hydrogens (tertiary/aromatic N) is 3. The minimum absolute atomic E-state index is 0.0853. The summed E-state index contributed by atoms with van der Waals surface area (Å²) in [6.07, 6.45) is 4.43. The van der Waals surface area contributed by atoms with Crippen molar-refractivity contribution < 1.29 is 9.47 Å². The van der Waals surface area contributed by atoms with Crippen LogP contribution in [0.3, 0.4) is 0 Å². The molecule has 0 amide bonds. The van der Waals surface area contributed by atoms with Gasteiger partial charge in [-0.2, -0.15) is 0 Å². The van der Waals surface area contributed by atoms with Gasteiger partial charge >= 0.3 is 0 Å². The zero-order valence-corrected chi connectivity index (χ0v) is 10.8. The Hall–Kier alpha value is -2.34. The van der Waals surface area contributed by atoms with E-state index in [9.17, 15) is 0 Å². The fourth-order valence-electron chi connectivity index (χ4n) is 2.55. The van der Waals surface area contributed by atoms with Crippen LogP contribution < -0.4 is 10.5 Å². The van der Waals surface area contributed by atoms with E-state index in [1.807, 2.05) is 22.6 Å². The maximum absolute atomic E-state index is 5.99. The zero-order chi connectivity index (χ0) is 13.5. The molecule has 102 valence electrons. The molecule has 3 heterocycles. The Morgan fingerprint density at radius 3 is 3.15 bits per heavy atom. The van der Waals surface area contributed by atoms with Crippen molar-refractivity contribution >= 4 is 22.4 Å². The summed E-state index contributed by atoms with van der Waals surface area (Å²) >= 11 is 0. The van der Waals surface area contributed by atoms with Crippen LogP contribution in [-0.4, -0.2) is 33.7 Å². The smallest absolute Gasteiger partial charge is 0.150 e. The molecule has 0 aliphatic carbocycles. The molecular formula is C14H14N4O2. The molecule has 1 fully saturated rings. The first kappa shape index (κ1) is 11.5. The third-order valence-electron chi connectivity index (χ3n) is 3.55. The van der Waals surface area contributed by atoms with Crippen LogP contribution in [0.5, 0.6) is 5.75 Å². The lowest BCUT2D eigenvalue weighted by atomic mass is 10.2. The van der Waals surface area contributed by atoms with Crippen LogP contribution in [0.4, 0.5) is 5.82 Å². The third-order valence-corrected chi connectivity index (χ3v) is 3.55. The third kappa shape index (κ3) is 1.69. The first-order valence-corrected chi connectivity index (χ1v) is 6.57. The molecule has 0 saturated carbocycles. The van der Waals surface area contributed by atoms with Gasteiger partial charge in [0, 0.05) is 6.42 Å². The summed E-state index contributed by atoms with van der Waals surface area (Å²) in [6, 6.07) is 5.84. The number of rotatable bonds is 2. The quantitative estimate of drug-likeness (QED) is 0.766. The normalized spacial score (nSPS) is 18.9. The summed E-state index contributed by atoms with van der Waals surface area (Å²) in [5.41, 5.74) is 8.48. The predicted octanol–water partition coefficient (Wildman–Crippen LogP) is 1.63. The number of anilines is 1. The van der Waals surface area contributed by atoms with Crippen LogP contribution in [0.15, 0.2) is 30.7 Å². The van der Waals surface area contributed by atoms with Crippen molar-refractivity contribution in [3.63, 3.8) is 0 Å². The molecule has 1 unspecified atom stereocenters. The van der Waals surface area contributed by atoms with Gasteiger partial charge < -0.3 is 15.2 Å². The number of ether oxygens (including phenoxy) is 2. The standard InChI is InChI=1S/C14H14N4O2/c15-14-11-6-16-8-18(11)10-2-1-3-12(13(10)17-14)20-9-4-5-19-7-9/h1-3,6,8-9H,4-5,7H2,(H2,15,17). The maximum Gasteiger partial charge on any atom is 0.150 e. The Kier molecular flexibility index (Phi) is 2.50. The Morgan fingerprint density at radius 2 is 2.30 bits per heavy atom. The highest BCUT2D eigenvalue weighted by Crippen LogP contribution is 2.28. The molecule has 6 heteroatoms. The van der Waals surface area contributed by atoms with E-state index in [1.165, 1.54) is 0 Å². The Bertz CT molecular complexity index is 777. The molecule has 2 aromatic heterocycles. The number of benzene rings is 1. The van der Waals surface area contributed by atoms with Gasteiger partial charge in [-0.25, -0.2) is 9.97 Å². The SMILES string of the molecule is Nc1nc2c(OC3CCOC3)cccc2n2cncc12.